The summed E-state index contributed by atoms with van der Waals surface area (Å²) in [5, 5.41) is 6.23. The van der Waals surface area contributed by atoms with E-state index in [1.807, 2.05) is 18.2 Å². The van der Waals surface area contributed by atoms with Crippen LogP contribution in [0.1, 0.15) is 22.7 Å². The van der Waals surface area contributed by atoms with Crippen LogP contribution in [0.4, 0.5) is 11.4 Å². The van der Waals surface area contributed by atoms with Gasteiger partial charge in [0.25, 0.3) is 5.91 Å². The molecule has 20 heavy (non-hydrogen) atoms. The lowest BCUT2D eigenvalue weighted by atomic mass is 10.1. The Morgan fingerprint density at radius 3 is 2.55 bits per heavy atom. The van der Waals surface area contributed by atoms with Crippen molar-refractivity contribution in [3.63, 3.8) is 0 Å². The number of aryl methyl sites for hydroxylation is 2. The summed E-state index contributed by atoms with van der Waals surface area (Å²) in [6.07, 6.45) is 0. The van der Waals surface area contributed by atoms with Gasteiger partial charge in [0.2, 0.25) is 0 Å². The van der Waals surface area contributed by atoms with Crippen molar-refractivity contribution in [2.45, 2.75) is 19.9 Å². The smallest absolute Gasteiger partial charge is 0.251 e. The Bertz CT molecular complexity index is 677. The molecule has 1 unspecified atom stereocenters. The molecule has 1 atom stereocenters. The third kappa shape index (κ3) is 2.31. The van der Waals surface area contributed by atoms with Crippen molar-refractivity contribution in [2.24, 2.45) is 0 Å². The predicted octanol–water partition coefficient (Wildman–Crippen LogP) is 4.17. The van der Waals surface area contributed by atoms with Gasteiger partial charge in [-0.1, -0.05) is 28.1 Å². The van der Waals surface area contributed by atoms with Crippen molar-refractivity contribution in [2.75, 3.05) is 10.6 Å². The molecule has 0 aliphatic carbocycles. The maximum Gasteiger partial charge on any atom is 0.251 e. The normalized spacial score (nSPS) is 16.8. The first-order valence-electron chi connectivity index (χ1n) is 6.49. The second kappa shape index (κ2) is 4.94. The van der Waals surface area contributed by atoms with Crippen LogP contribution in [0.15, 0.2) is 40.9 Å². The minimum atomic E-state index is -0.359. The van der Waals surface area contributed by atoms with Gasteiger partial charge < -0.3 is 10.6 Å². The molecule has 0 aromatic heterocycles. The fraction of sp³-hybridized carbons (Fsp3) is 0.188. The number of carbonyl (C=O) groups is 1. The molecule has 1 aliphatic rings. The molecule has 0 radical (unpaired) electrons. The Kier molecular flexibility index (Phi) is 3.26. The summed E-state index contributed by atoms with van der Waals surface area (Å²) >= 11 is 3.53. The molecule has 2 aromatic carbocycles. The minimum absolute atomic E-state index is 0.0222. The number of fused-ring (bicyclic) bond motifs is 1. The van der Waals surface area contributed by atoms with Gasteiger partial charge in [-0.25, -0.2) is 0 Å². The van der Waals surface area contributed by atoms with Crippen molar-refractivity contribution in [1.82, 2.24) is 0 Å². The summed E-state index contributed by atoms with van der Waals surface area (Å²) in [5.41, 5.74) is 5.16. The van der Waals surface area contributed by atoms with Crippen LogP contribution in [0.3, 0.4) is 0 Å². The van der Waals surface area contributed by atoms with Crippen LogP contribution in [0, 0.1) is 13.8 Å². The molecule has 0 saturated carbocycles. The van der Waals surface area contributed by atoms with Crippen LogP contribution in [0.5, 0.6) is 0 Å². The standard InChI is InChI=1S/C16H15BrN2O/c1-9-6-10(2)8-11(7-9)18-15-14-12(17)4-3-5-13(14)19-16(15)20/h3-8,15,18H,1-2H3,(H,19,20). The monoisotopic (exact) mass is 330 g/mol. The fourth-order valence-electron chi connectivity index (χ4n) is 2.64. The zero-order valence-electron chi connectivity index (χ0n) is 11.3. The second-order valence-corrected chi connectivity index (χ2v) is 6.00. The third-order valence-corrected chi connectivity index (χ3v) is 4.09. The average molecular weight is 331 g/mol. The quantitative estimate of drug-likeness (QED) is 0.867. The highest BCUT2D eigenvalue weighted by molar-refractivity contribution is 9.10. The van der Waals surface area contributed by atoms with Gasteiger partial charge in [0.1, 0.15) is 6.04 Å². The maximum atomic E-state index is 12.2. The molecule has 1 aliphatic heterocycles. The second-order valence-electron chi connectivity index (χ2n) is 5.14. The first kappa shape index (κ1) is 13.2. The molecule has 102 valence electrons. The Labute approximate surface area is 126 Å². The number of hydrogen-bond donors (Lipinski definition) is 2. The molecule has 3 rings (SSSR count). The Balaban J connectivity index is 1.98. The van der Waals surface area contributed by atoms with Crippen LogP contribution >= 0.6 is 15.9 Å². The highest BCUT2D eigenvalue weighted by Gasteiger charge is 2.32. The van der Waals surface area contributed by atoms with Gasteiger partial charge in [-0.15, -0.1) is 0 Å². The van der Waals surface area contributed by atoms with Crippen LogP contribution in [-0.4, -0.2) is 5.91 Å². The van der Waals surface area contributed by atoms with Gasteiger partial charge >= 0.3 is 0 Å². The summed E-state index contributed by atoms with van der Waals surface area (Å²) in [5.74, 6) is -0.0222. The Hall–Kier alpha value is -1.81. The van der Waals surface area contributed by atoms with E-state index < -0.39 is 0 Å². The van der Waals surface area contributed by atoms with Crippen LogP contribution in [0.2, 0.25) is 0 Å². The number of amides is 1. The number of nitrogens with one attached hydrogen (secondary N) is 2. The molecule has 0 spiro atoms. The first-order valence-corrected chi connectivity index (χ1v) is 7.28. The summed E-state index contributed by atoms with van der Waals surface area (Å²) in [6.45, 7) is 4.10. The van der Waals surface area contributed by atoms with E-state index >= 15 is 0 Å². The number of rotatable bonds is 2. The molecule has 2 aromatic rings. The Morgan fingerprint density at radius 1 is 1.15 bits per heavy atom. The van der Waals surface area contributed by atoms with Crippen molar-refractivity contribution in [1.29, 1.82) is 0 Å². The van der Waals surface area contributed by atoms with E-state index in [1.54, 1.807) is 0 Å². The summed E-state index contributed by atoms with van der Waals surface area (Å²) < 4.78 is 0.940. The van der Waals surface area contributed by atoms with Crippen LogP contribution in [-0.2, 0) is 4.79 Å². The average Bonchev–Trinajstić information content (AvgIpc) is 2.66. The largest absolute Gasteiger partial charge is 0.370 e. The van der Waals surface area contributed by atoms with E-state index in [0.29, 0.717) is 0 Å². The molecular weight excluding hydrogens is 316 g/mol. The van der Waals surface area contributed by atoms with Crippen molar-refractivity contribution in [3.05, 3.63) is 57.6 Å². The number of anilines is 2. The molecule has 0 fully saturated rings. The minimum Gasteiger partial charge on any atom is -0.370 e. The molecule has 0 saturated heterocycles. The topological polar surface area (TPSA) is 41.1 Å². The van der Waals surface area contributed by atoms with E-state index in [2.05, 4.69) is 58.6 Å². The summed E-state index contributed by atoms with van der Waals surface area (Å²) in [4.78, 5) is 12.2. The zero-order valence-corrected chi connectivity index (χ0v) is 12.9. The van der Waals surface area contributed by atoms with E-state index in [0.717, 1.165) is 21.4 Å². The molecule has 4 heteroatoms. The Morgan fingerprint density at radius 2 is 1.85 bits per heavy atom. The molecule has 1 heterocycles. The van der Waals surface area contributed by atoms with Crippen molar-refractivity contribution >= 4 is 33.2 Å². The highest BCUT2D eigenvalue weighted by Crippen LogP contribution is 2.38. The maximum absolute atomic E-state index is 12.2. The van der Waals surface area contributed by atoms with Crippen molar-refractivity contribution < 1.29 is 4.79 Å². The SMILES string of the molecule is Cc1cc(C)cc(NC2C(=O)Nc3cccc(Br)c32)c1. The van der Waals surface area contributed by atoms with Crippen LogP contribution in [0.25, 0.3) is 0 Å². The van der Waals surface area contributed by atoms with Gasteiger partial charge in [-0.05, 0) is 49.2 Å². The number of benzene rings is 2. The van der Waals surface area contributed by atoms with Gasteiger partial charge in [0.05, 0.1) is 0 Å². The predicted molar refractivity (Wildman–Crippen MR) is 85.1 cm³/mol. The van der Waals surface area contributed by atoms with E-state index in [-0.39, 0.29) is 11.9 Å². The van der Waals surface area contributed by atoms with Gasteiger partial charge in [0, 0.05) is 21.4 Å². The molecule has 0 bridgehead atoms. The first-order chi connectivity index (χ1) is 9.54. The van der Waals surface area contributed by atoms with Gasteiger partial charge in [-0.2, -0.15) is 0 Å². The number of hydrogen-bond acceptors (Lipinski definition) is 2. The molecular formula is C16H15BrN2O. The lowest BCUT2D eigenvalue weighted by molar-refractivity contribution is -0.116. The molecule has 3 nitrogen and oxygen atoms in total. The molecule has 1 amide bonds. The number of halogens is 1. The number of carbonyl (C=O) groups excluding carboxylic acids is 1. The van der Waals surface area contributed by atoms with Crippen LogP contribution < -0.4 is 10.6 Å². The van der Waals surface area contributed by atoms with Gasteiger partial charge in [-0.3, -0.25) is 4.79 Å². The summed E-state index contributed by atoms with van der Waals surface area (Å²) in [6, 6.07) is 11.6. The van der Waals surface area contributed by atoms with Crippen molar-refractivity contribution in [3.8, 4) is 0 Å². The zero-order chi connectivity index (χ0) is 14.3. The lowest BCUT2D eigenvalue weighted by Gasteiger charge is -2.15. The third-order valence-electron chi connectivity index (χ3n) is 3.39. The summed E-state index contributed by atoms with van der Waals surface area (Å²) in [7, 11) is 0. The highest BCUT2D eigenvalue weighted by atomic mass is 79.9. The van der Waals surface area contributed by atoms with E-state index in [1.165, 1.54) is 11.1 Å². The fourth-order valence-corrected chi connectivity index (χ4v) is 3.23. The van der Waals surface area contributed by atoms with E-state index in [9.17, 15) is 4.79 Å². The molecule has 2 N–H and O–H groups in total. The van der Waals surface area contributed by atoms with E-state index in [4.69, 9.17) is 0 Å². The van der Waals surface area contributed by atoms with Gasteiger partial charge in [0.15, 0.2) is 0 Å². The lowest BCUT2D eigenvalue weighted by Crippen LogP contribution is -2.20.